The first-order valence-electron chi connectivity index (χ1n) is 7.27. The summed E-state index contributed by atoms with van der Waals surface area (Å²) in [7, 11) is 0. The summed E-state index contributed by atoms with van der Waals surface area (Å²) >= 11 is 0. The van der Waals surface area contributed by atoms with Crippen LogP contribution in [0.25, 0.3) is 0 Å². The molecule has 2 N–H and O–H groups in total. The highest BCUT2D eigenvalue weighted by Gasteiger charge is 2.31. The van der Waals surface area contributed by atoms with Crippen molar-refractivity contribution in [1.29, 1.82) is 0 Å². The monoisotopic (exact) mass is 263 g/mol. The lowest BCUT2D eigenvalue weighted by Crippen LogP contribution is -2.40. The lowest BCUT2D eigenvalue weighted by atomic mass is 9.79. The van der Waals surface area contributed by atoms with E-state index in [1.54, 1.807) is 6.33 Å². The van der Waals surface area contributed by atoms with Crippen molar-refractivity contribution in [3.63, 3.8) is 0 Å². The molecular formula is C15H25N3O. The van der Waals surface area contributed by atoms with Gasteiger partial charge in [-0.25, -0.2) is 9.97 Å². The van der Waals surface area contributed by atoms with Crippen LogP contribution in [0.1, 0.15) is 58.1 Å². The Kier molecular flexibility index (Phi) is 4.40. The van der Waals surface area contributed by atoms with E-state index < -0.39 is 5.60 Å². The van der Waals surface area contributed by atoms with Crippen LogP contribution in [0.15, 0.2) is 12.4 Å². The second-order valence-corrected chi connectivity index (χ2v) is 6.24. The van der Waals surface area contributed by atoms with E-state index in [-0.39, 0.29) is 0 Å². The van der Waals surface area contributed by atoms with Gasteiger partial charge in [0.1, 0.15) is 12.1 Å². The van der Waals surface area contributed by atoms with E-state index in [0.29, 0.717) is 12.5 Å². The van der Waals surface area contributed by atoms with Crippen molar-refractivity contribution in [3.05, 3.63) is 18.1 Å². The summed E-state index contributed by atoms with van der Waals surface area (Å²) in [5, 5.41) is 13.8. The largest absolute Gasteiger partial charge is 0.388 e. The second-order valence-electron chi connectivity index (χ2n) is 6.24. The molecule has 1 saturated carbocycles. The van der Waals surface area contributed by atoms with Gasteiger partial charge < -0.3 is 10.4 Å². The lowest BCUT2D eigenvalue weighted by molar-refractivity contribution is 0.00494. The van der Waals surface area contributed by atoms with E-state index in [4.69, 9.17) is 0 Å². The van der Waals surface area contributed by atoms with Gasteiger partial charge in [0.15, 0.2) is 0 Å². The summed E-state index contributed by atoms with van der Waals surface area (Å²) in [5.41, 5.74) is 0.455. The molecule has 1 aliphatic rings. The minimum atomic E-state index is -0.574. The summed E-state index contributed by atoms with van der Waals surface area (Å²) in [6.07, 6.45) is 5.57. The van der Waals surface area contributed by atoms with Crippen molar-refractivity contribution < 1.29 is 5.11 Å². The number of nitrogens with one attached hydrogen (secondary N) is 1. The highest BCUT2D eigenvalue weighted by atomic mass is 16.3. The van der Waals surface area contributed by atoms with Gasteiger partial charge in [0.05, 0.1) is 5.60 Å². The molecule has 0 saturated heterocycles. The number of aromatic nitrogens is 2. The molecule has 2 rings (SSSR count). The maximum atomic E-state index is 10.5. The maximum absolute atomic E-state index is 10.5. The molecule has 1 aromatic rings. The van der Waals surface area contributed by atoms with Crippen molar-refractivity contribution in [1.82, 2.24) is 9.97 Å². The first kappa shape index (κ1) is 14.3. The van der Waals surface area contributed by atoms with E-state index in [1.807, 2.05) is 6.07 Å². The van der Waals surface area contributed by atoms with Crippen molar-refractivity contribution >= 4 is 5.82 Å². The molecule has 0 spiro atoms. The SMILES string of the molecule is CC1CCC(O)(CNc2cc(C(C)C)ncn2)CC1. The Labute approximate surface area is 115 Å². The van der Waals surface area contributed by atoms with Gasteiger partial charge in [0, 0.05) is 18.3 Å². The Morgan fingerprint density at radius 1 is 1.37 bits per heavy atom. The molecule has 4 heteroatoms. The Hall–Kier alpha value is -1.16. The van der Waals surface area contributed by atoms with E-state index in [9.17, 15) is 5.11 Å². The summed E-state index contributed by atoms with van der Waals surface area (Å²) in [6.45, 7) is 7.06. The van der Waals surface area contributed by atoms with Crippen molar-refractivity contribution in [2.45, 2.75) is 58.0 Å². The molecule has 0 unspecified atom stereocenters. The second kappa shape index (κ2) is 5.87. The third-order valence-corrected chi connectivity index (χ3v) is 4.08. The fraction of sp³-hybridized carbons (Fsp3) is 0.733. The van der Waals surface area contributed by atoms with Crippen LogP contribution in [0, 0.1) is 5.92 Å². The fourth-order valence-corrected chi connectivity index (χ4v) is 2.52. The van der Waals surface area contributed by atoms with Crippen LogP contribution in [-0.2, 0) is 0 Å². The highest BCUT2D eigenvalue weighted by molar-refractivity contribution is 5.36. The van der Waals surface area contributed by atoms with Gasteiger partial charge in [-0.15, -0.1) is 0 Å². The van der Waals surface area contributed by atoms with Gasteiger partial charge in [0.25, 0.3) is 0 Å². The molecule has 1 aliphatic carbocycles. The summed E-state index contributed by atoms with van der Waals surface area (Å²) < 4.78 is 0. The quantitative estimate of drug-likeness (QED) is 0.877. The number of aliphatic hydroxyl groups is 1. The molecule has 0 radical (unpaired) electrons. The van der Waals surface area contributed by atoms with Gasteiger partial charge in [-0.05, 0) is 37.5 Å². The fourth-order valence-electron chi connectivity index (χ4n) is 2.52. The maximum Gasteiger partial charge on any atom is 0.129 e. The van der Waals surface area contributed by atoms with Crippen LogP contribution in [0.3, 0.4) is 0 Å². The molecule has 0 atom stereocenters. The molecule has 0 aromatic carbocycles. The van der Waals surface area contributed by atoms with E-state index >= 15 is 0 Å². The van der Waals surface area contributed by atoms with Gasteiger partial charge in [0.2, 0.25) is 0 Å². The molecule has 4 nitrogen and oxygen atoms in total. The molecule has 1 aromatic heterocycles. The Morgan fingerprint density at radius 3 is 2.68 bits per heavy atom. The highest BCUT2D eigenvalue weighted by Crippen LogP contribution is 2.31. The van der Waals surface area contributed by atoms with E-state index in [0.717, 1.165) is 43.1 Å². The zero-order chi connectivity index (χ0) is 13.9. The number of hydrogen-bond donors (Lipinski definition) is 2. The smallest absolute Gasteiger partial charge is 0.129 e. The third kappa shape index (κ3) is 3.90. The minimum absolute atomic E-state index is 0.391. The Morgan fingerprint density at radius 2 is 2.05 bits per heavy atom. The third-order valence-electron chi connectivity index (χ3n) is 4.08. The zero-order valence-corrected chi connectivity index (χ0v) is 12.2. The number of nitrogens with zero attached hydrogens (tertiary/aromatic N) is 2. The first-order valence-corrected chi connectivity index (χ1v) is 7.27. The number of anilines is 1. The molecule has 0 bridgehead atoms. The lowest BCUT2D eigenvalue weighted by Gasteiger charge is -2.35. The predicted octanol–water partition coefficient (Wildman–Crippen LogP) is 2.95. The molecular weight excluding hydrogens is 238 g/mol. The molecule has 1 heterocycles. The zero-order valence-electron chi connectivity index (χ0n) is 12.2. The molecule has 1 fully saturated rings. The summed E-state index contributed by atoms with van der Waals surface area (Å²) in [4.78, 5) is 8.47. The first-order chi connectivity index (χ1) is 8.98. The topological polar surface area (TPSA) is 58.0 Å². The van der Waals surface area contributed by atoms with Gasteiger partial charge in [-0.1, -0.05) is 20.8 Å². The number of hydrogen-bond acceptors (Lipinski definition) is 4. The minimum Gasteiger partial charge on any atom is -0.388 e. The van der Waals surface area contributed by atoms with Crippen molar-refractivity contribution in [3.8, 4) is 0 Å². The average molecular weight is 263 g/mol. The summed E-state index contributed by atoms with van der Waals surface area (Å²) in [5.74, 6) is 1.94. The molecule has 0 amide bonds. The van der Waals surface area contributed by atoms with Crippen molar-refractivity contribution in [2.24, 2.45) is 5.92 Å². The average Bonchev–Trinajstić information content (AvgIpc) is 2.41. The Balaban J connectivity index is 1.93. The molecule has 106 valence electrons. The van der Waals surface area contributed by atoms with Crippen molar-refractivity contribution in [2.75, 3.05) is 11.9 Å². The molecule has 0 aliphatic heterocycles. The normalized spacial score (nSPS) is 27.5. The van der Waals surface area contributed by atoms with Crippen LogP contribution < -0.4 is 5.32 Å². The van der Waals surface area contributed by atoms with Gasteiger partial charge >= 0.3 is 0 Å². The van der Waals surface area contributed by atoms with Crippen LogP contribution in [0.4, 0.5) is 5.82 Å². The predicted molar refractivity (Wildman–Crippen MR) is 77.2 cm³/mol. The summed E-state index contributed by atoms with van der Waals surface area (Å²) in [6, 6.07) is 1.97. The van der Waals surface area contributed by atoms with Gasteiger partial charge in [-0.2, -0.15) is 0 Å². The standard InChI is InChI=1S/C15H25N3O/c1-11(2)13-8-14(18-10-17-13)16-9-15(19)6-4-12(3)5-7-15/h8,10-12,19H,4-7,9H2,1-3H3,(H,16,17,18). The van der Waals surface area contributed by atoms with E-state index in [1.165, 1.54) is 0 Å². The van der Waals surface area contributed by atoms with Crippen LogP contribution >= 0.6 is 0 Å². The van der Waals surface area contributed by atoms with E-state index in [2.05, 4.69) is 36.1 Å². The Bertz CT molecular complexity index is 412. The van der Waals surface area contributed by atoms with Gasteiger partial charge in [-0.3, -0.25) is 0 Å². The molecule has 19 heavy (non-hydrogen) atoms. The van der Waals surface area contributed by atoms with Crippen LogP contribution in [0.2, 0.25) is 0 Å². The number of rotatable bonds is 4. The van der Waals surface area contributed by atoms with Crippen LogP contribution in [0.5, 0.6) is 0 Å². The van der Waals surface area contributed by atoms with Crippen LogP contribution in [-0.4, -0.2) is 27.2 Å².